The van der Waals surface area contributed by atoms with Crippen LogP contribution in [0.3, 0.4) is 0 Å². The van der Waals surface area contributed by atoms with Gasteiger partial charge in [0, 0.05) is 0 Å². The summed E-state index contributed by atoms with van der Waals surface area (Å²) in [6.07, 6.45) is 6.31. The third kappa shape index (κ3) is 3.47. The smallest absolute Gasteiger partial charge is 0.297 e. The molecule has 0 bridgehead atoms. The molecule has 0 heterocycles. The van der Waals surface area contributed by atoms with E-state index in [1.165, 1.54) is 6.42 Å². The molecule has 0 unspecified atom stereocenters. The molecule has 3 nitrogen and oxygen atoms in total. The standard InChI is InChI=1S/C15H28O3/c1-6-14(4,5)13(16)17-18-15(12(2)3)10-8-7-9-11-15/h12H,6-11H2,1-5H3. The van der Waals surface area contributed by atoms with Gasteiger partial charge in [-0.25, -0.2) is 4.79 Å². The Balaban J connectivity index is 2.61. The third-order valence-corrected chi connectivity index (χ3v) is 4.47. The largest absolute Gasteiger partial charge is 0.347 e. The van der Waals surface area contributed by atoms with Gasteiger partial charge in [0.05, 0.1) is 5.41 Å². The topological polar surface area (TPSA) is 35.5 Å². The normalized spacial score (nSPS) is 19.9. The van der Waals surface area contributed by atoms with Crippen molar-refractivity contribution in [2.24, 2.45) is 11.3 Å². The SMILES string of the molecule is CCC(C)(C)C(=O)OOC1(C(C)C)CCCCC1. The fourth-order valence-corrected chi connectivity index (χ4v) is 2.29. The molecule has 0 spiro atoms. The van der Waals surface area contributed by atoms with Crippen LogP contribution in [0.15, 0.2) is 0 Å². The van der Waals surface area contributed by atoms with Crippen LogP contribution in [0.2, 0.25) is 0 Å². The van der Waals surface area contributed by atoms with Crippen LogP contribution in [-0.2, 0) is 14.6 Å². The Morgan fingerprint density at radius 1 is 1.22 bits per heavy atom. The lowest BCUT2D eigenvalue weighted by atomic mass is 9.77. The van der Waals surface area contributed by atoms with Gasteiger partial charge in [0.15, 0.2) is 0 Å². The summed E-state index contributed by atoms with van der Waals surface area (Å²) >= 11 is 0. The van der Waals surface area contributed by atoms with E-state index in [-0.39, 0.29) is 11.6 Å². The molecule has 0 atom stereocenters. The molecule has 0 aromatic heterocycles. The molecule has 0 aromatic rings. The predicted octanol–water partition coefficient (Wildman–Crippen LogP) is 4.26. The Morgan fingerprint density at radius 3 is 2.22 bits per heavy atom. The Morgan fingerprint density at radius 2 is 1.78 bits per heavy atom. The first-order valence-electron chi connectivity index (χ1n) is 7.24. The fraction of sp³-hybridized carbons (Fsp3) is 0.933. The summed E-state index contributed by atoms with van der Waals surface area (Å²) in [5.41, 5.74) is -0.732. The molecular weight excluding hydrogens is 228 g/mol. The Bertz CT molecular complexity index is 275. The van der Waals surface area contributed by atoms with Crippen molar-refractivity contribution >= 4 is 5.97 Å². The molecule has 106 valence electrons. The minimum absolute atomic E-state index is 0.254. The van der Waals surface area contributed by atoms with Gasteiger partial charge in [0.25, 0.3) is 0 Å². The number of rotatable bonds is 5. The first kappa shape index (κ1) is 15.5. The van der Waals surface area contributed by atoms with Crippen LogP contribution in [-0.4, -0.2) is 11.6 Å². The van der Waals surface area contributed by atoms with Crippen LogP contribution in [0.4, 0.5) is 0 Å². The molecule has 0 aromatic carbocycles. The summed E-state index contributed by atoms with van der Waals surface area (Å²) in [6, 6.07) is 0. The van der Waals surface area contributed by atoms with Gasteiger partial charge in [-0.15, -0.1) is 0 Å². The van der Waals surface area contributed by atoms with Crippen LogP contribution >= 0.6 is 0 Å². The Kier molecular flexibility index (Phi) is 5.20. The number of carbonyl (C=O) groups excluding carboxylic acids is 1. The highest BCUT2D eigenvalue weighted by atomic mass is 17.2. The lowest BCUT2D eigenvalue weighted by Gasteiger charge is -2.38. The highest BCUT2D eigenvalue weighted by molar-refractivity contribution is 5.75. The molecule has 0 saturated heterocycles. The van der Waals surface area contributed by atoms with E-state index in [1.54, 1.807) is 0 Å². The molecule has 0 amide bonds. The molecule has 1 rings (SSSR count). The van der Waals surface area contributed by atoms with Gasteiger partial charge >= 0.3 is 5.97 Å². The molecule has 1 aliphatic carbocycles. The van der Waals surface area contributed by atoms with Crippen molar-refractivity contribution in [1.29, 1.82) is 0 Å². The van der Waals surface area contributed by atoms with E-state index in [4.69, 9.17) is 9.78 Å². The molecule has 1 aliphatic rings. The first-order chi connectivity index (χ1) is 8.34. The van der Waals surface area contributed by atoms with Gasteiger partial charge in [-0.2, -0.15) is 4.89 Å². The summed E-state index contributed by atoms with van der Waals surface area (Å²) in [6.45, 7) is 10.1. The van der Waals surface area contributed by atoms with Gasteiger partial charge in [-0.3, -0.25) is 4.89 Å². The molecule has 0 aliphatic heterocycles. The monoisotopic (exact) mass is 256 g/mol. The first-order valence-corrected chi connectivity index (χ1v) is 7.24. The maximum Gasteiger partial charge on any atom is 0.347 e. The molecule has 0 N–H and O–H groups in total. The van der Waals surface area contributed by atoms with Crippen molar-refractivity contribution in [3.63, 3.8) is 0 Å². The second kappa shape index (κ2) is 6.05. The number of hydrogen-bond donors (Lipinski definition) is 0. The average Bonchev–Trinajstić information content (AvgIpc) is 2.36. The van der Waals surface area contributed by atoms with Gasteiger partial charge < -0.3 is 0 Å². The van der Waals surface area contributed by atoms with E-state index in [0.29, 0.717) is 5.92 Å². The van der Waals surface area contributed by atoms with E-state index in [2.05, 4.69) is 13.8 Å². The summed E-state index contributed by atoms with van der Waals surface area (Å²) in [5, 5.41) is 0. The van der Waals surface area contributed by atoms with Gasteiger partial charge in [-0.05, 0) is 39.0 Å². The van der Waals surface area contributed by atoms with Gasteiger partial charge in [0.1, 0.15) is 5.60 Å². The quantitative estimate of drug-likeness (QED) is 0.544. The maximum atomic E-state index is 12.0. The van der Waals surface area contributed by atoms with Gasteiger partial charge in [0.2, 0.25) is 0 Å². The van der Waals surface area contributed by atoms with E-state index in [0.717, 1.165) is 32.1 Å². The molecule has 0 radical (unpaired) electrons. The Labute approximate surface area is 111 Å². The van der Waals surface area contributed by atoms with E-state index < -0.39 is 5.41 Å². The van der Waals surface area contributed by atoms with E-state index >= 15 is 0 Å². The summed E-state index contributed by atoms with van der Waals surface area (Å²) in [5.74, 6) is 0.117. The van der Waals surface area contributed by atoms with Crippen LogP contribution < -0.4 is 0 Å². The van der Waals surface area contributed by atoms with E-state index in [1.807, 2.05) is 20.8 Å². The fourth-order valence-electron chi connectivity index (χ4n) is 2.29. The highest BCUT2D eigenvalue weighted by Crippen LogP contribution is 2.38. The lowest BCUT2D eigenvalue weighted by Crippen LogP contribution is -2.42. The van der Waals surface area contributed by atoms with Crippen LogP contribution in [0.25, 0.3) is 0 Å². The van der Waals surface area contributed by atoms with Crippen LogP contribution in [0.5, 0.6) is 0 Å². The minimum atomic E-state index is -0.465. The molecule has 18 heavy (non-hydrogen) atoms. The maximum absolute atomic E-state index is 12.0. The summed E-state index contributed by atoms with van der Waals surface area (Å²) in [7, 11) is 0. The van der Waals surface area contributed by atoms with Crippen molar-refractivity contribution in [3.8, 4) is 0 Å². The summed E-state index contributed by atoms with van der Waals surface area (Å²) in [4.78, 5) is 22.8. The highest BCUT2D eigenvalue weighted by Gasteiger charge is 2.40. The second-order valence-electron chi connectivity index (χ2n) is 6.47. The van der Waals surface area contributed by atoms with E-state index in [9.17, 15) is 4.79 Å². The van der Waals surface area contributed by atoms with Crippen molar-refractivity contribution in [1.82, 2.24) is 0 Å². The zero-order valence-electron chi connectivity index (χ0n) is 12.5. The average molecular weight is 256 g/mol. The molecular formula is C15H28O3. The molecule has 1 saturated carbocycles. The predicted molar refractivity (Wildman–Crippen MR) is 71.9 cm³/mol. The van der Waals surface area contributed by atoms with Crippen LogP contribution in [0, 0.1) is 11.3 Å². The summed E-state index contributed by atoms with van der Waals surface area (Å²) < 4.78 is 0. The zero-order valence-corrected chi connectivity index (χ0v) is 12.5. The lowest BCUT2D eigenvalue weighted by molar-refractivity contribution is -0.354. The van der Waals surface area contributed by atoms with Gasteiger partial charge in [-0.1, -0.05) is 40.0 Å². The van der Waals surface area contributed by atoms with Crippen molar-refractivity contribution in [2.75, 3.05) is 0 Å². The zero-order chi connectivity index (χ0) is 13.8. The molecule has 1 fully saturated rings. The number of carbonyl (C=O) groups is 1. The van der Waals surface area contributed by atoms with Crippen molar-refractivity contribution in [2.45, 2.75) is 78.7 Å². The van der Waals surface area contributed by atoms with Crippen molar-refractivity contribution < 1.29 is 14.6 Å². The Hall–Kier alpha value is -0.570. The minimum Gasteiger partial charge on any atom is -0.297 e. The second-order valence-corrected chi connectivity index (χ2v) is 6.47. The van der Waals surface area contributed by atoms with Crippen LogP contribution in [0.1, 0.15) is 73.1 Å². The number of hydrogen-bond acceptors (Lipinski definition) is 3. The molecule has 3 heteroatoms. The van der Waals surface area contributed by atoms with Crippen molar-refractivity contribution in [3.05, 3.63) is 0 Å². The third-order valence-electron chi connectivity index (χ3n) is 4.47.